The molecular weight excluding hydrogens is 214 g/mol. The summed E-state index contributed by atoms with van der Waals surface area (Å²) in [5, 5.41) is 3.28. The van der Waals surface area contributed by atoms with Crippen molar-refractivity contribution in [2.45, 2.75) is 19.9 Å². The van der Waals surface area contributed by atoms with Gasteiger partial charge in [-0.25, -0.2) is 0 Å². The van der Waals surface area contributed by atoms with Gasteiger partial charge in [0, 0.05) is 5.69 Å². The quantitative estimate of drug-likeness (QED) is 0.823. The molecule has 0 saturated heterocycles. The van der Waals surface area contributed by atoms with Gasteiger partial charge in [-0.05, 0) is 42.8 Å². The molecule has 90 valence electrons. The number of nitrogens with one attached hydrogen (secondary N) is 1. The van der Waals surface area contributed by atoms with Gasteiger partial charge in [0.1, 0.15) is 11.5 Å². The first-order valence-corrected chi connectivity index (χ1v) is 5.87. The van der Waals surface area contributed by atoms with Crippen LogP contribution in [0.15, 0.2) is 47.1 Å². The molecule has 0 unspecified atom stereocenters. The third-order valence-electron chi connectivity index (χ3n) is 2.37. The Labute approximate surface area is 101 Å². The van der Waals surface area contributed by atoms with Gasteiger partial charge in [-0.3, -0.25) is 0 Å². The zero-order valence-corrected chi connectivity index (χ0v) is 9.98. The van der Waals surface area contributed by atoms with Gasteiger partial charge in [-0.1, -0.05) is 6.92 Å². The smallest absolute Gasteiger partial charge is 0.122 e. The van der Waals surface area contributed by atoms with Crippen LogP contribution in [0.3, 0.4) is 0 Å². The van der Waals surface area contributed by atoms with Gasteiger partial charge in [0.25, 0.3) is 0 Å². The molecule has 3 nitrogen and oxygen atoms in total. The van der Waals surface area contributed by atoms with Gasteiger partial charge in [-0.15, -0.1) is 0 Å². The number of benzene rings is 1. The SMILES string of the molecule is CCCOc1ccc(NCc2ccco2)cc1. The molecule has 0 bridgehead atoms. The summed E-state index contributed by atoms with van der Waals surface area (Å²) in [5.74, 6) is 1.84. The highest BCUT2D eigenvalue weighted by Gasteiger charge is 1.97. The number of rotatable bonds is 6. The second kappa shape index (κ2) is 5.99. The van der Waals surface area contributed by atoms with E-state index < -0.39 is 0 Å². The molecule has 0 radical (unpaired) electrons. The number of ether oxygens (including phenoxy) is 1. The minimum absolute atomic E-state index is 0.697. The van der Waals surface area contributed by atoms with Crippen LogP contribution in [0.1, 0.15) is 19.1 Å². The Hall–Kier alpha value is -1.90. The molecule has 2 aromatic rings. The van der Waals surface area contributed by atoms with Gasteiger partial charge in [0.2, 0.25) is 0 Å². The summed E-state index contributed by atoms with van der Waals surface area (Å²) >= 11 is 0. The van der Waals surface area contributed by atoms with E-state index in [9.17, 15) is 0 Å². The lowest BCUT2D eigenvalue weighted by molar-refractivity contribution is 0.317. The summed E-state index contributed by atoms with van der Waals surface area (Å²) < 4.78 is 10.8. The molecule has 0 spiro atoms. The van der Waals surface area contributed by atoms with Crippen molar-refractivity contribution in [3.05, 3.63) is 48.4 Å². The predicted octanol–water partition coefficient (Wildman–Crippen LogP) is 3.68. The van der Waals surface area contributed by atoms with Gasteiger partial charge >= 0.3 is 0 Å². The molecule has 17 heavy (non-hydrogen) atoms. The normalized spacial score (nSPS) is 10.2. The van der Waals surface area contributed by atoms with E-state index in [4.69, 9.17) is 9.15 Å². The van der Waals surface area contributed by atoms with Crippen molar-refractivity contribution in [2.75, 3.05) is 11.9 Å². The Bertz CT molecular complexity index is 420. The highest BCUT2D eigenvalue weighted by molar-refractivity contribution is 5.46. The molecule has 0 aliphatic heterocycles. The van der Waals surface area contributed by atoms with Crippen molar-refractivity contribution in [3.63, 3.8) is 0 Å². The second-order valence-corrected chi connectivity index (χ2v) is 3.81. The first kappa shape index (κ1) is 11.6. The molecule has 1 aromatic carbocycles. The second-order valence-electron chi connectivity index (χ2n) is 3.81. The average molecular weight is 231 g/mol. The van der Waals surface area contributed by atoms with Crippen molar-refractivity contribution in [1.82, 2.24) is 0 Å². The molecule has 1 aromatic heterocycles. The van der Waals surface area contributed by atoms with Crippen molar-refractivity contribution in [2.24, 2.45) is 0 Å². The van der Waals surface area contributed by atoms with E-state index in [-0.39, 0.29) is 0 Å². The van der Waals surface area contributed by atoms with Crippen molar-refractivity contribution < 1.29 is 9.15 Å². The zero-order chi connectivity index (χ0) is 11.9. The van der Waals surface area contributed by atoms with Crippen molar-refractivity contribution >= 4 is 5.69 Å². The number of furan rings is 1. The zero-order valence-electron chi connectivity index (χ0n) is 9.98. The highest BCUT2D eigenvalue weighted by Crippen LogP contribution is 2.16. The van der Waals surface area contributed by atoms with Crippen molar-refractivity contribution in [1.29, 1.82) is 0 Å². The van der Waals surface area contributed by atoms with Crippen LogP contribution in [0.25, 0.3) is 0 Å². The summed E-state index contributed by atoms with van der Waals surface area (Å²) in [6, 6.07) is 11.8. The Kier molecular flexibility index (Phi) is 4.08. The molecule has 1 N–H and O–H groups in total. The molecule has 0 aliphatic carbocycles. The maximum Gasteiger partial charge on any atom is 0.122 e. The maximum atomic E-state index is 5.51. The van der Waals surface area contributed by atoms with Crippen LogP contribution in [-0.2, 0) is 6.54 Å². The number of hydrogen-bond donors (Lipinski definition) is 1. The molecule has 1 heterocycles. The lowest BCUT2D eigenvalue weighted by Crippen LogP contribution is -1.98. The molecular formula is C14H17NO2. The summed E-state index contributed by atoms with van der Waals surface area (Å²) in [6.45, 7) is 3.56. The fourth-order valence-corrected chi connectivity index (χ4v) is 1.49. The first-order valence-electron chi connectivity index (χ1n) is 5.87. The van der Waals surface area contributed by atoms with E-state index in [1.807, 2.05) is 36.4 Å². The Morgan fingerprint density at radius 1 is 1.18 bits per heavy atom. The molecule has 0 amide bonds. The topological polar surface area (TPSA) is 34.4 Å². The molecule has 2 rings (SSSR count). The lowest BCUT2D eigenvalue weighted by Gasteiger charge is -2.07. The average Bonchev–Trinajstić information content (AvgIpc) is 2.88. The van der Waals surface area contributed by atoms with Gasteiger partial charge in [0.05, 0.1) is 19.4 Å². The monoisotopic (exact) mass is 231 g/mol. The summed E-state index contributed by atoms with van der Waals surface area (Å²) in [4.78, 5) is 0. The van der Waals surface area contributed by atoms with Crippen molar-refractivity contribution in [3.8, 4) is 5.75 Å². The van der Waals surface area contributed by atoms with Crippen LogP contribution in [0.5, 0.6) is 5.75 Å². The number of anilines is 1. The molecule has 3 heteroatoms. The fourth-order valence-electron chi connectivity index (χ4n) is 1.49. The van der Waals surface area contributed by atoms with Gasteiger partial charge in [0.15, 0.2) is 0 Å². The Balaban J connectivity index is 1.85. The van der Waals surface area contributed by atoms with Crippen LogP contribution in [0.4, 0.5) is 5.69 Å². The predicted molar refractivity (Wildman–Crippen MR) is 68.3 cm³/mol. The Morgan fingerprint density at radius 3 is 2.65 bits per heavy atom. The summed E-state index contributed by atoms with van der Waals surface area (Å²) in [6.07, 6.45) is 2.71. The van der Waals surface area contributed by atoms with Crippen LogP contribution in [0, 0.1) is 0 Å². The fraction of sp³-hybridized carbons (Fsp3) is 0.286. The first-order chi connectivity index (χ1) is 8.38. The largest absolute Gasteiger partial charge is 0.494 e. The summed E-state index contributed by atoms with van der Waals surface area (Å²) in [7, 11) is 0. The standard InChI is InChI=1S/C14H17NO2/c1-2-9-16-13-7-5-12(6-8-13)15-11-14-4-3-10-17-14/h3-8,10,15H,2,9,11H2,1H3. The van der Waals surface area contributed by atoms with E-state index in [1.54, 1.807) is 6.26 Å². The van der Waals surface area contributed by atoms with Crippen LogP contribution in [-0.4, -0.2) is 6.61 Å². The van der Waals surface area contributed by atoms with E-state index in [2.05, 4.69) is 12.2 Å². The minimum atomic E-state index is 0.697. The highest BCUT2D eigenvalue weighted by atomic mass is 16.5. The third kappa shape index (κ3) is 3.55. The van der Waals surface area contributed by atoms with Gasteiger partial charge < -0.3 is 14.5 Å². The van der Waals surface area contributed by atoms with E-state index in [1.165, 1.54) is 0 Å². The molecule has 0 saturated carbocycles. The van der Waals surface area contributed by atoms with E-state index in [0.717, 1.165) is 30.2 Å². The third-order valence-corrected chi connectivity index (χ3v) is 2.37. The maximum absolute atomic E-state index is 5.51. The van der Waals surface area contributed by atoms with Crippen LogP contribution >= 0.6 is 0 Å². The lowest BCUT2D eigenvalue weighted by atomic mass is 10.3. The molecule has 0 fully saturated rings. The summed E-state index contributed by atoms with van der Waals surface area (Å²) in [5.41, 5.74) is 1.06. The minimum Gasteiger partial charge on any atom is -0.494 e. The van der Waals surface area contributed by atoms with Crippen LogP contribution in [0.2, 0.25) is 0 Å². The number of hydrogen-bond acceptors (Lipinski definition) is 3. The Morgan fingerprint density at radius 2 is 2.00 bits per heavy atom. The van der Waals surface area contributed by atoms with Crippen LogP contribution < -0.4 is 10.1 Å². The molecule has 0 atom stereocenters. The van der Waals surface area contributed by atoms with Gasteiger partial charge in [-0.2, -0.15) is 0 Å². The van der Waals surface area contributed by atoms with E-state index in [0.29, 0.717) is 6.54 Å². The van der Waals surface area contributed by atoms with E-state index >= 15 is 0 Å². The molecule has 0 aliphatic rings.